The summed E-state index contributed by atoms with van der Waals surface area (Å²) in [7, 11) is -6.14. The van der Waals surface area contributed by atoms with Gasteiger partial charge in [0.15, 0.2) is 0 Å². The first-order valence-corrected chi connectivity index (χ1v) is 23.1. The normalized spacial score (nSPS) is 36.8. The van der Waals surface area contributed by atoms with Gasteiger partial charge in [0.25, 0.3) is 0 Å². The Hall–Kier alpha value is 0.708. The van der Waals surface area contributed by atoms with E-state index in [1.807, 2.05) is 0 Å². The second kappa shape index (κ2) is 4.21. The molecule has 0 N–H and O–H groups in total. The Morgan fingerprint density at radius 2 is 1.00 bits per heavy atom. The van der Waals surface area contributed by atoms with Crippen molar-refractivity contribution in [3.63, 3.8) is 0 Å². The van der Waals surface area contributed by atoms with E-state index >= 15 is 0 Å². The van der Waals surface area contributed by atoms with Crippen LogP contribution in [0.2, 0.25) is 45.8 Å². The molecular formula is C13H33NO3Si4. The van der Waals surface area contributed by atoms with E-state index in [-0.39, 0.29) is 0 Å². The first kappa shape index (κ1) is 16.6. The van der Waals surface area contributed by atoms with Gasteiger partial charge in [0.1, 0.15) is 0 Å². The summed E-state index contributed by atoms with van der Waals surface area (Å²) in [5.41, 5.74) is 0. The van der Waals surface area contributed by atoms with Crippen LogP contribution in [-0.2, 0) is 13.3 Å². The minimum absolute atomic E-state index is 0.866. The van der Waals surface area contributed by atoms with E-state index in [0.29, 0.717) is 0 Å². The maximum absolute atomic E-state index is 6.80. The topological polar surface area (TPSA) is 27.7 Å². The van der Waals surface area contributed by atoms with Gasteiger partial charge in [0, 0.05) is 0 Å². The van der Waals surface area contributed by atoms with E-state index in [4.69, 9.17) is 13.3 Å². The van der Waals surface area contributed by atoms with Crippen molar-refractivity contribution in [1.82, 2.24) is 0 Å². The molecule has 21 heavy (non-hydrogen) atoms. The summed E-state index contributed by atoms with van der Waals surface area (Å²) < 4.78 is 21.5. The maximum atomic E-state index is 6.80. The van der Waals surface area contributed by atoms with Gasteiger partial charge in [-0.1, -0.05) is 0 Å². The van der Waals surface area contributed by atoms with Gasteiger partial charge >= 0.3 is 132 Å². The second-order valence-electron chi connectivity index (χ2n) is 9.43. The molecule has 0 aromatic carbocycles. The fourth-order valence-electron chi connectivity index (χ4n) is 5.94. The predicted octanol–water partition coefficient (Wildman–Crippen LogP) is 2.27. The summed E-state index contributed by atoms with van der Waals surface area (Å²) in [6, 6.07) is 0. The molecule has 0 aromatic heterocycles. The van der Waals surface area contributed by atoms with Crippen molar-refractivity contribution in [3.8, 4) is 0 Å². The summed E-state index contributed by atoms with van der Waals surface area (Å²) in [4.78, 5) is 0. The molecule has 3 rings (SSSR count). The van der Waals surface area contributed by atoms with Gasteiger partial charge in [0.2, 0.25) is 0 Å². The third-order valence-electron chi connectivity index (χ3n) is 7.28. The summed E-state index contributed by atoms with van der Waals surface area (Å²) >= 11 is 0. The first-order chi connectivity index (χ1) is 9.46. The second-order valence-corrected chi connectivity index (χ2v) is 49.4. The molecule has 0 atom stereocenters. The van der Waals surface area contributed by atoms with E-state index in [1.54, 1.807) is 0 Å². The van der Waals surface area contributed by atoms with Gasteiger partial charge in [-0.05, 0) is 0 Å². The number of hydrogen-bond acceptors (Lipinski definition) is 3. The van der Waals surface area contributed by atoms with E-state index in [2.05, 4.69) is 45.8 Å². The van der Waals surface area contributed by atoms with Crippen LogP contribution in [0.5, 0.6) is 0 Å². The molecule has 0 amide bonds. The quantitative estimate of drug-likeness (QED) is 0.720. The van der Waals surface area contributed by atoms with Gasteiger partial charge in [-0.25, -0.2) is 0 Å². The van der Waals surface area contributed by atoms with E-state index < -0.39 is 29.6 Å². The molecule has 0 saturated carbocycles. The Morgan fingerprint density at radius 1 is 0.667 bits per heavy atom. The Balaban J connectivity index is 2.33. The molecule has 0 spiro atoms. The molecule has 3 heterocycles. The molecule has 4 nitrogen and oxygen atoms in total. The SMILES string of the molecule is C[Si](C)(C)[Si](C)([Si](C)(C)C)[Si-]123OCC[N+]1(CCO2)CCO3. The Labute approximate surface area is 132 Å². The van der Waals surface area contributed by atoms with Crippen molar-refractivity contribution in [1.29, 1.82) is 0 Å². The molecule has 0 unspecified atom stereocenters. The summed E-state index contributed by atoms with van der Waals surface area (Å²) in [6.07, 6.45) is 0. The van der Waals surface area contributed by atoms with Crippen molar-refractivity contribution in [2.24, 2.45) is 0 Å². The average molecular weight is 364 g/mol. The van der Waals surface area contributed by atoms with E-state index in [0.717, 1.165) is 43.6 Å². The van der Waals surface area contributed by atoms with Gasteiger partial charge in [-0.2, -0.15) is 0 Å². The standard InChI is InChI=1S/C13H33NO3Si4/c1-18(2,3)20(7,19(4,5)6)21-14(8-11-15-21,9-12-16-21)10-13-17-21/h8-13H2,1-7H3. The number of quaternary nitrogens is 1. The molecule has 0 radical (unpaired) electrons. The molecular weight excluding hydrogens is 330 g/mol. The van der Waals surface area contributed by atoms with Crippen molar-refractivity contribution in [3.05, 3.63) is 0 Å². The van der Waals surface area contributed by atoms with Gasteiger partial charge in [0.05, 0.1) is 0 Å². The minimum atomic E-state index is -3.29. The molecule has 0 bridgehead atoms. The summed E-state index contributed by atoms with van der Waals surface area (Å²) in [5, 5.41) is 0. The van der Waals surface area contributed by atoms with Gasteiger partial charge in [-0.3, -0.25) is 0 Å². The van der Waals surface area contributed by atoms with Crippen LogP contribution in [0.1, 0.15) is 0 Å². The fraction of sp³-hybridized carbons (Fsp3) is 1.00. The zero-order valence-corrected chi connectivity index (χ0v) is 18.9. The third kappa shape index (κ3) is 1.49. The van der Waals surface area contributed by atoms with Crippen LogP contribution in [0.25, 0.3) is 0 Å². The zero-order valence-electron chi connectivity index (χ0n) is 14.9. The molecule has 3 aliphatic heterocycles. The van der Waals surface area contributed by atoms with Crippen molar-refractivity contribution < 1.29 is 17.4 Å². The average Bonchev–Trinajstić information content (AvgIpc) is 2.83. The van der Waals surface area contributed by atoms with E-state index in [9.17, 15) is 0 Å². The number of hydrogen-bond donors (Lipinski definition) is 0. The predicted molar refractivity (Wildman–Crippen MR) is 96.8 cm³/mol. The summed E-state index contributed by atoms with van der Waals surface area (Å²) in [5.74, 6) is 0. The Morgan fingerprint density at radius 3 is 1.29 bits per heavy atom. The van der Waals surface area contributed by atoms with Crippen LogP contribution in [0.3, 0.4) is 0 Å². The van der Waals surface area contributed by atoms with Crippen LogP contribution >= 0.6 is 0 Å². The molecule has 8 heteroatoms. The first-order valence-electron chi connectivity index (χ1n) is 8.40. The number of nitrogens with zero attached hydrogens (tertiary/aromatic N) is 1. The van der Waals surface area contributed by atoms with Crippen molar-refractivity contribution >= 4 is 29.6 Å². The Kier molecular flexibility index (Phi) is 3.32. The van der Waals surface area contributed by atoms with Crippen molar-refractivity contribution in [2.45, 2.75) is 45.8 Å². The molecule has 0 aliphatic carbocycles. The van der Waals surface area contributed by atoms with Crippen LogP contribution < -0.4 is 0 Å². The molecule has 3 aliphatic rings. The zero-order chi connectivity index (χ0) is 15.8. The van der Waals surface area contributed by atoms with Gasteiger partial charge < -0.3 is 0 Å². The van der Waals surface area contributed by atoms with E-state index in [1.165, 1.54) is 0 Å². The number of rotatable bonds is 3. The molecule has 0 aromatic rings. The molecule has 3 saturated heterocycles. The molecule has 124 valence electrons. The van der Waals surface area contributed by atoms with Crippen LogP contribution in [0.15, 0.2) is 0 Å². The van der Waals surface area contributed by atoms with Crippen LogP contribution in [-0.4, -0.2) is 73.2 Å². The Bertz CT molecular complexity index is 425. The van der Waals surface area contributed by atoms with Crippen molar-refractivity contribution in [2.75, 3.05) is 39.5 Å². The van der Waals surface area contributed by atoms with Gasteiger partial charge in [-0.15, -0.1) is 0 Å². The third-order valence-corrected chi connectivity index (χ3v) is 79.7. The summed E-state index contributed by atoms with van der Waals surface area (Å²) in [6.45, 7) is 22.3. The monoisotopic (exact) mass is 363 g/mol. The van der Waals surface area contributed by atoms with Crippen LogP contribution in [0.4, 0.5) is 0 Å². The van der Waals surface area contributed by atoms with Crippen LogP contribution in [0, 0.1) is 0 Å². The fourth-order valence-corrected chi connectivity index (χ4v) is 89.0. The molecule has 3 fully saturated rings.